The lowest BCUT2D eigenvalue weighted by Crippen LogP contribution is -2.55. The van der Waals surface area contributed by atoms with E-state index in [1.165, 1.54) is 0 Å². The number of likely N-dealkylation sites (N-methyl/N-ethyl adjacent to an activating group) is 1. The molecule has 0 aromatic heterocycles. The Balaban J connectivity index is 1.62. The Bertz CT molecular complexity index is 552. The number of amides is 2. The van der Waals surface area contributed by atoms with Crippen molar-refractivity contribution in [3.8, 4) is 0 Å². The van der Waals surface area contributed by atoms with Gasteiger partial charge in [0.2, 0.25) is 0 Å². The maximum atomic E-state index is 12.3. The SMILES string of the molecule is CN1CCN(NC(=O)C(=O)N2CCc3ccccc32)CC1. The fourth-order valence-corrected chi connectivity index (χ4v) is 2.78. The fraction of sp³-hybridized carbons (Fsp3) is 0.467. The molecule has 2 heterocycles. The third kappa shape index (κ3) is 2.91. The molecule has 6 heteroatoms. The number of para-hydroxylation sites is 1. The molecule has 1 aromatic rings. The number of piperazine rings is 1. The summed E-state index contributed by atoms with van der Waals surface area (Å²) in [5.74, 6) is -1.02. The maximum absolute atomic E-state index is 12.3. The number of hydrogen-bond acceptors (Lipinski definition) is 4. The van der Waals surface area contributed by atoms with Crippen LogP contribution in [0, 0.1) is 0 Å². The van der Waals surface area contributed by atoms with Gasteiger partial charge in [0.15, 0.2) is 0 Å². The van der Waals surface area contributed by atoms with Crippen molar-refractivity contribution in [1.82, 2.24) is 15.3 Å². The van der Waals surface area contributed by atoms with Gasteiger partial charge < -0.3 is 9.80 Å². The van der Waals surface area contributed by atoms with Gasteiger partial charge in [0.1, 0.15) is 0 Å². The van der Waals surface area contributed by atoms with Gasteiger partial charge in [-0.2, -0.15) is 0 Å². The largest absolute Gasteiger partial charge is 0.324 e. The van der Waals surface area contributed by atoms with Gasteiger partial charge in [0, 0.05) is 38.4 Å². The second kappa shape index (κ2) is 5.83. The predicted molar refractivity (Wildman–Crippen MR) is 79.7 cm³/mol. The molecule has 0 spiro atoms. The van der Waals surface area contributed by atoms with E-state index in [-0.39, 0.29) is 0 Å². The third-order valence-corrected chi connectivity index (χ3v) is 4.09. The first kappa shape index (κ1) is 14.0. The van der Waals surface area contributed by atoms with Crippen molar-refractivity contribution in [2.24, 2.45) is 0 Å². The number of nitrogens with zero attached hydrogens (tertiary/aromatic N) is 3. The zero-order valence-electron chi connectivity index (χ0n) is 12.2. The molecule has 1 fully saturated rings. The summed E-state index contributed by atoms with van der Waals surface area (Å²) in [6.45, 7) is 3.84. The summed E-state index contributed by atoms with van der Waals surface area (Å²) in [6, 6.07) is 7.74. The highest BCUT2D eigenvalue weighted by atomic mass is 16.2. The van der Waals surface area contributed by atoms with Crippen LogP contribution in [0.5, 0.6) is 0 Å². The summed E-state index contributed by atoms with van der Waals surface area (Å²) in [6.07, 6.45) is 0.809. The van der Waals surface area contributed by atoms with Gasteiger partial charge in [-0.3, -0.25) is 15.0 Å². The molecule has 0 unspecified atom stereocenters. The van der Waals surface area contributed by atoms with Gasteiger partial charge in [0.25, 0.3) is 0 Å². The lowest BCUT2D eigenvalue weighted by Gasteiger charge is -2.32. The zero-order valence-corrected chi connectivity index (χ0v) is 12.2. The Labute approximate surface area is 124 Å². The molecule has 0 atom stereocenters. The molecule has 0 bridgehead atoms. The minimum Gasteiger partial charge on any atom is -0.304 e. The van der Waals surface area contributed by atoms with Crippen LogP contribution in [0.25, 0.3) is 0 Å². The minimum atomic E-state index is -0.545. The van der Waals surface area contributed by atoms with Crippen LogP contribution in [0.15, 0.2) is 24.3 Å². The van der Waals surface area contributed by atoms with Crippen LogP contribution in [0.4, 0.5) is 5.69 Å². The van der Waals surface area contributed by atoms with Crippen molar-refractivity contribution >= 4 is 17.5 Å². The number of benzene rings is 1. The summed E-state index contributed by atoms with van der Waals surface area (Å²) in [5, 5.41) is 1.82. The topological polar surface area (TPSA) is 55.9 Å². The standard InChI is InChI=1S/C15H20N4O2/c1-17-8-10-18(11-9-17)16-14(20)15(21)19-7-6-12-4-2-3-5-13(12)19/h2-5H,6-11H2,1H3,(H,16,20). The average molecular weight is 288 g/mol. The maximum Gasteiger partial charge on any atom is 0.324 e. The normalized spacial score (nSPS) is 19.4. The van der Waals surface area contributed by atoms with Crippen LogP contribution in [0.1, 0.15) is 5.56 Å². The van der Waals surface area contributed by atoms with E-state index in [0.717, 1.165) is 43.9 Å². The quantitative estimate of drug-likeness (QED) is 0.731. The summed E-state index contributed by atoms with van der Waals surface area (Å²) >= 11 is 0. The van der Waals surface area contributed by atoms with E-state index in [1.54, 1.807) is 4.90 Å². The number of fused-ring (bicyclic) bond motifs is 1. The molecule has 21 heavy (non-hydrogen) atoms. The van der Waals surface area contributed by atoms with E-state index >= 15 is 0 Å². The number of carbonyl (C=O) groups excluding carboxylic acids is 2. The van der Waals surface area contributed by atoms with Crippen LogP contribution < -0.4 is 10.3 Å². The molecule has 1 N–H and O–H groups in total. The first-order valence-corrected chi connectivity index (χ1v) is 7.29. The molecule has 112 valence electrons. The molecule has 2 amide bonds. The van der Waals surface area contributed by atoms with Crippen LogP contribution >= 0.6 is 0 Å². The molecule has 2 aliphatic rings. The number of hydrogen-bond donors (Lipinski definition) is 1. The van der Waals surface area contributed by atoms with Crippen molar-refractivity contribution in [2.45, 2.75) is 6.42 Å². The molecule has 3 rings (SSSR count). The van der Waals surface area contributed by atoms with Crippen LogP contribution in [-0.4, -0.2) is 61.5 Å². The van der Waals surface area contributed by atoms with Gasteiger partial charge in [-0.25, -0.2) is 5.01 Å². The first-order valence-electron chi connectivity index (χ1n) is 7.29. The Morgan fingerprint density at radius 2 is 1.76 bits per heavy atom. The highest BCUT2D eigenvalue weighted by Gasteiger charge is 2.30. The Morgan fingerprint density at radius 1 is 1.05 bits per heavy atom. The van der Waals surface area contributed by atoms with Gasteiger partial charge in [-0.1, -0.05) is 18.2 Å². The molecule has 1 saturated heterocycles. The smallest absolute Gasteiger partial charge is 0.304 e. The second-order valence-corrected chi connectivity index (χ2v) is 5.57. The minimum absolute atomic E-state index is 0.473. The summed E-state index contributed by atoms with van der Waals surface area (Å²) in [4.78, 5) is 28.2. The summed E-state index contributed by atoms with van der Waals surface area (Å²) < 4.78 is 0. The van der Waals surface area contributed by atoms with E-state index in [0.29, 0.717) is 6.54 Å². The second-order valence-electron chi connectivity index (χ2n) is 5.57. The van der Waals surface area contributed by atoms with E-state index in [1.807, 2.05) is 36.3 Å². The lowest BCUT2D eigenvalue weighted by atomic mass is 10.2. The van der Waals surface area contributed by atoms with Crippen molar-refractivity contribution < 1.29 is 9.59 Å². The fourth-order valence-electron chi connectivity index (χ4n) is 2.78. The van der Waals surface area contributed by atoms with Gasteiger partial charge >= 0.3 is 11.8 Å². The molecule has 1 aromatic carbocycles. The lowest BCUT2D eigenvalue weighted by molar-refractivity contribution is -0.141. The number of nitrogens with one attached hydrogen (secondary N) is 1. The highest BCUT2D eigenvalue weighted by molar-refractivity contribution is 6.40. The third-order valence-electron chi connectivity index (χ3n) is 4.09. The zero-order chi connectivity index (χ0) is 14.8. The van der Waals surface area contributed by atoms with Gasteiger partial charge in [-0.15, -0.1) is 0 Å². The Hall–Kier alpha value is -1.92. The highest BCUT2D eigenvalue weighted by Crippen LogP contribution is 2.27. The number of carbonyl (C=O) groups is 2. The van der Waals surface area contributed by atoms with Crippen LogP contribution in [-0.2, 0) is 16.0 Å². The van der Waals surface area contributed by atoms with Crippen LogP contribution in [0.3, 0.4) is 0 Å². The molecule has 0 radical (unpaired) electrons. The molecule has 0 saturated carbocycles. The molecule has 0 aliphatic carbocycles. The molecule has 2 aliphatic heterocycles. The van der Waals surface area contributed by atoms with Crippen molar-refractivity contribution in [3.05, 3.63) is 29.8 Å². The van der Waals surface area contributed by atoms with Crippen molar-refractivity contribution in [3.63, 3.8) is 0 Å². The van der Waals surface area contributed by atoms with E-state index in [9.17, 15) is 9.59 Å². The predicted octanol–water partition coefficient (Wildman–Crippen LogP) is -0.146. The average Bonchev–Trinajstić information content (AvgIpc) is 2.92. The van der Waals surface area contributed by atoms with E-state index in [4.69, 9.17) is 0 Å². The van der Waals surface area contributed by atoms with E-state index in [2.05, 4.69) is 10.3 Å². The Kier molecular flexibility index (Phi) is 3.90. The van der Waals surface area contributed by atoms with Crippen molar-refractivity contribution in [2.75, 3.05) is 44.7 Å². The summed E-state index contributed by atoms with van der Waals surface area (Å²) in [7, 11) is 2.05. The number of hydrazine groups is 1. The van der Waals surface area contributed by atoms with E-state index < -0.39 is 11.8 Å². The monoisotopic (exact) mass is 288 g/mol. The number of anilines is 1. The first-order chi connectivity index (χ1) is 10.1. The molecule has 6 nitrogen and oxygen atoms in total. The molecular formula is C15H20N4O2. The van der Waals surface area contributed by atoms with Crippen LogP contribution in [0.2, 0.25) is 0 Å². The Morgan fingerprint density at radius 3 is 2.52 bits per heavy atom. The summed E-state index contributed by atoms with van der Waals surface area (Å²) in [5.41, 5.74) is 4.70. The van der Waals surface area contributed by atoms with Gasteiger partial charge in [-0.05, 0) is 25.1 Å². The molecular weight excluding hydrogens is 268 g/mol. The van der Waals surface area contributed by atoms with Gasteiger partial charge in [0.05, 0.1) is 0 Å². The number of rotatable bonds is 1. The van der Waals surface area contributed by atoms with Crippen molar-refractivity contribution in [1.29, 1.82) is 0 Å².